The molecule has 4 aromatic rings. The molecule has 0 aliphatic carbocycles. The number of aryl methyl sites for hydroxylation is 1. The van der Waals surface area contributed by atoms with E-state index in [2.05, 4.69) is 37.3 Å². The van der Waals surface area contributed by atoms with Gasteiger partial charge in [0, 0.05) is 12.7 Å². The van der Waals surface area contributed by atoms with E-state index in [1.807, 2.05) is 53.1 Å². The number of fused-ring (bicyclic) bond motifs is 2. The van der Waals surface area contributed by atoms with Crippen molar-refractivity contribution in [2.45, 2.75) is 26.6 Å². The monoisotopic (exact) mass is 349 g/mol. The van der Waals surface area contributed by atoms with Crippen LogP contribution >= 0.6 is 0 Å². The van der Waals surface area contributed by atoms with Gasteiger partial charge in [-0.15, -0.1) is 10.2 Å². The third-order valence-corrected chi connectivity index (χ3v) is 4.25. The summed E-state index contributed by atoms with van der Waals surface area (Å²) in [7, 11) is 0. The number of carbonyl (C=O) groups is 1. The van der Waals surface area contributed by atoms with Crippen LogP contribution in [0.15, 0.2) is 48.7 Å². The molecule has 0 unspecified atom stereocenters. The fourth-order valence-electron chi connectivity index (χ4n) is 3.01. The maximum absolute atomic E-state index is 12.1. The number of hydrogen-bond acceptors (Lipinski definition) is 4. The number of nitrogens with one attached hydrogen (secondary N) is 2. The normalized spacial score (nSPS) is 11.1. The lowest BCUT2D eigenvalue weighted by molar-refractivity contribution is 0.239. The van der Waals surface area contributed by atoms with Crippen molar-refractivity contribution in [3.05, 3.63) is 60.3 Å². The molecule has 2 N–H and O–H groups in total. The van der Waals surface area contributed by atoms with Crippen molar-refractivity contribution in [2.75, 3.05) is 0 Å². The Bertz CT molecular complexity index is 1070. The number of benzene rings is 1. The quantitative estimate of drug-likeness (QED) is 0.577. The van der Waals surface area contributed by atoms with Crippen LogP contribution in [-0.2, 0) is 19.6 Å². The highest BCUT2D eigenvalue weighted by Gasteiger charge is 2.11. The van der Waals surface area contributed by atoms with E-state index in [1.54, 1.807) is 0 Å². The molecule has 0 fully saturated rings. The minimum atomic E-state index is -0.271. The zero-order chi connectivity index (χ0) is 17.9. The molecule has 0 bridgehead atoms. The van der Waals surface area contributed by atoms with Gasteiger partial charge in [0.15, 0.2) is 11.5 Å². The van der Waals surface area contributed by atoms with Gasteiger partial charge in [-0.25, -0.2) is 9.78 Å². The number of hydrogen-bond donors (Lipinski definition) is 2. The Kier molecular flexibility index (Phi) is 4.22. The van der Waals surface area contributed by atoms with E-state index in [1.165, 1.54) is 0 Å². The zero-order valence-corrected chi connectivity index (χ0v) is 14.4. The molecule has 0 aliphatic rings. The van der Waals surface area contributed by atoms with Crippen molar-refractivity contribution >= 4 is 22.7 Å². The second kappa shape index (κ2) is 6.83. The standard InChI is InChI=1S/C18H19N7O/c1-2-24-14-8-4-3-7-13(14)21-16(24)11-19-18(26)20-12-17-23-22-15-9-5-6-10-25(15)17/h3-10H,2,11-12H2,1H3,(H2,19,20,26). The molecule has 3 aromatic heterocycles. The van der Waals surface area contributed by atoms with Gasteiger partial charge in [0.05, 0.1) is 24.1 Å². The van der Waals surface area contributed by atoms with Gasteiger partial charge in [0.1, 0.15) is 5.82 Å². The number of aromatic nitrogens is 5. The maximum atomic E-state index is 12.1. The van der Waals surface area contributed by atoms with E-state index in [9.17, 15) is 4.79 Å². The summed E-state index contributed by atoms with van der Waals surface area (Å²) in [6, 6.07) is 13.3. The van der Waals surface area contributed by atoms with Crippen LogP contribution < -0.4 is 10.6 Å². The first-order chi connectivity index (χ1) is 12.8. The second-order valence-corrected chi connectivity index (χ2v) is 5.84. The van der Waals surface area contributed by atoms with Crippen LogP contribution in [0.2, 0.25) is 0 Å². The Morgan fingerprint density at radius 1 is 1.00 bits per heavy atom. The fraction of sp³-hybridized carbons (Fsp3) is 0.222. The van der Waals surface area contributed by atoms with E-state index in [-0.39, 0.29) is 6.03 Å². The highest BCUT2D eigenvalue weighted by molar-refractivity contribution is 5.76. The lowest BCUT2D eigenvalue weighted by Crippen LogP contribution is -2.35. The second-order valence-electron chi connectivity index (χ2n) is 5.84. The Morgan fingerprint density at radius 3 is 2.62 bits per heavy atom. The maximum Gasteiger partial charge on any atom is 0.315 e. The summed E-state index contributed by atoms with van der Waals surface area (Å²) in [5, 5.41) is 13.8. The average Bonchev–Trinajstić information content (AvgIpc) is 3.25. The Labute approximate surface area is 149 Å². The largest absolute Gasteiger partial charge is 0.331 e. The molecule has 1 aromatic carbocycles. The molecule has 8 heteroatoms. The summed E-state index contributed by atoms with van der Waals surface area (Å²) >= 11 is 0. The van der Waals surface area contributed by atoms with Crippen molar-refractivity contribution in [3.63, 3.8) is 0 Å². The molecular formula is C18H19N7O. The molecule has 3 heterocycles. The lowest BCUT2D eigenvalue weighted by atomic mass is 10.3. The number of nitrogens with zero attached hydrogens (tertiary/aromatic N) is 5. The number of para-hydroxylation sites is 2. The summed E-state index contributed by atoms with van der Waals surface area (Å²) < 4.78 is 3.94. The van der Waals surface area contributed by atoms with E-state index in [0.717, 1.165) is 29.0 Å². The number of pyridine rings is 1. The van der Waals surface area contributed by atoms with Gasteiger partial charge in [0.25, 0.3) is 0 Å². The van der Waals surface area contributed by atoms with Gasteiger partial charge in [0.2, 0.25) is 0 Å². The minimum Gasteiger partial charge on any atom is -0.331 e. The van der Waals surface area contributed by atoms with Crippen molar-refractivity contribution in [3.8, 4) is 0 Å². The highest BCUT2D eigenvalue weighted by Crippen LogP contribution is 2.15. The molecule has 0 saturated heterocycles. The van der Waals surface area contributed by atoms with Crippen LogP contribution in [0, 0.1) is 0 Å². The lowest BCUT2D eigenvalue weighted by Gasteiger charge is -2.08. The summed E-state index contributed by atoms with van der Waals surface area (Å²) in [5.74, 6) is 1.51. The van der Waals surface area contributed by atoms with Crippen LogP contribution in [-0.4, -0.2) is 30.2 Å². The van der Waals surface area contributed by atoms with Gasteiger partial charge in [-0.3, -0.25) is 4.40 Å². The predicted octanol–water partition coefficient (Wildman–Crippen LogP) is 2.10. The first-order valence-electron chi connectivity index (χ1n) is 8.50. The average molecular weight is 349 g/mol. The van der Waals surface area contributed by atoms with Gasteiger partial charge in [-0.2, -0.15) is 0 Å². The van der Waals surface area contributed by atoms with Crippen molar-refractivity contribution < 1.29 is 4.79 Å². The van der Waals surface area contributed by atoms with Crippen molar-refractivity contribution in [1.29, 1.82) is 0 Å². The topological polar surface area (TPSA) is 89.1 Å². The third kappa shape index (κ3) is 2.97. The molecule has 4 rings (SSSR count). The molecule has 0 saturated carbocycles. The molecule has 0 spiro atoms. The number of amides is 2. The van der Waals surface area contributed by atoms with Gasteiger partial charge >= 0.3 is 6.03 Å². The van der Waals surface area contributed by atoms with Crippen LogP contribution in [0.5, 0.6) is 0 Å². The zero-order valence-electron chi connectivity index (χ0n) is 14.4. The van der Waals surface area contributed by atoms with Gasteiger partial charge < -0.3 is 15.2 Å². The van der Waals surface area contributed by atoms with Crippen LogP contribution in [0.25, 0.3) is 16.7 Å². The number of rotatable bonds is 5. The summed E-state index contributed by atoms with van der Waals surface area (Å²) in [6.45, 7) is 3.51. The van der Waals surface area contributed by atoms with Crippen LogP contribution in [0.4, 0.5) is 4.79 Å². The summed E-state index contributed by atoms with van der Waals surface area (Å²) in [5.41, 5.74) is 2.75. The van der Waals surface area contributed by atoms with E-state index in [4.69, 9.17) is 0 Å². The first kappa shape index (κ1) is 16.1. The summed E-state index contributed by atoms with van der Waals surface area (Å²) in [4.78, 5) is 16.7. The smallest absolute Gasteiger partial charge is 0.315 e. The van der Waals surface area contributed by atoms with E-state index >= 15 is 0 Å². The molecule has 26 heavy (non-hydrogen) atoms. The highest BCUT2D eigenvalue weighted by atomic mass is 16.2. The number of urea groups is 1. The van der Waals surface area contributed by atoms with Crippen molar-refractivity contribution in [1.82, 2.24) is 34.8 Å². The minimum absolute atomic E-state index is 0.271. The van der Waals surface area contributed by atoms with Gasteiger partial charge in [-0.1, -0.05) is 18.2 Å². The Morgan fingerprint density at radius 2 is 1.77 bits per heavy atom. The fourth-order valence-corrected chi connectivity index (χ4v) is 3.01. The predicted molar refractivity (Wildman–Crippen MR) is 97.5 cm³/mol. The SMILES string of the molecule is CCn1c(CNC(=O)NCc2nnc3ccccn23)nc2ccccc21. The molecule has 2 amide bonds. The van der Waals surface area contributed by atoms with Crippen molar-refractivity contribution in [2.24, 2.45) is 0 Å². The molecule has 132 valence electrons. The number of imidazole rings is 1. The molecule has 8 nitrogen and oxygen atoms in total. The van der Waals surface area contributed by atoms with E-state index < -0.39 is 0 Å². The molecule has 0 atom stereocenters. The third-order valence-electron chi connectivity index (χ3n) is 4.25. The molecule has 0 aliphatic heterocycles. The number of carbonyl (C=O) groups excluding carboxylic acids is 1. The molecule has 0 radical (unpaired) electrons. The Balaban J connectivity index is 1.40. The summed E-state index contributed by atoms with van der Waals surface area (Å²) in [6.07, 6.45) is 1.87. The molecular weight excluding hydrogens is 330 g/mol. The van der Waals surface area contributed by atoms with Crippen LogP contribution in [0.1, 0.15) is 18.6 Å². The van der Waals surface area contributed by atoms with Gasteiger partial charge in [-0.05, 0) is 31.2 Å². The Hall–Kier alpha value is -3.42. The van der Waals surface area contributed by atoms with Crippen LogP contribution in [0.3, 0.4) is 0 Å². The first-order valence-corrected chi connectivity index (χ1v) is 8.50. The van der Waals surface area contributed by atoms with E-state index in [0.29, 0.717) is 18.9 Å².